The van der Waals surface area contributed by atoms with Crippen LogP contribution in [-0.2, 0) is 22.6 Å². The van der Waals surface area contributed by atoms with Crippen LogP contribution in [-0.4, -0.2) is 44.6 Å². The minimum absolute atomic E-state index is 0.0621. The molecule has 0 bridgehead atoms. The maximum absolute atomic E-state index is 13.5. The predicted octanol–water partition coefficient (Wildman–Crippen LogP) is 5.13. The number of imide groups is 1. The SMILES string of the molecule is COc1ccc(CCN2C(=O)C(C#N)=C(C)/C(=C\c3ccc(OCc4ccccc4)c(OC)c3)C2=O)cc1OC. The highest BCUT2D eigenvalue weighted by Crippen LogP contribution is 2.33. The molecule has 0 N–H and O–H groups in total. The molecule has 1 heterocycles. The summed E-state index contributed by atoms with van der Waals surface area (Å²) in [6.45, 7) is 2.08. The van der Waals surface area contributed by atoms with E-state index in [-0.39, 0.29) is 17.7 Å². The summed E-state index contributed by atoms with van der Waals surface area (Å²) in [7, 11) is 4.64. The summed E-state index contributed by atoms with van der Waals surface area (Å²) < 4.78 is 22.1. The first kappa shape index (κ1) is 28.0. The van der Waals surface area contributed by atoms with Gasteiger partial charge in [0.1, 0.15) is 18.2 Å². The quantitative estimate of drug-likeness (QED) is 0.261. The van der Waals surface area contributed by atoms with Crippen LogP contribution < -0.4 is 18.9 Å². The van der Waals surface area contributed by atoms with E-state index in [0.717, 1.165) is 16.0 Å². The zero-order valence-electron chi connectivity index (χ0n) is 22.9. The van der Waals surface area contributed by atoms with Gasteiger partial charge in [-0.1, -0.05) is 42.5 Å². The number of methoxy groups -OCH3 is 3. The summed E-state index contributed by atoms with van der Waals surface area (Å²) in [5.74, 6) is 1.11. The van der Waals surface area contributed by atoms with Crippen molar-refractivity contribution in [2.24, 2.45) is 0 Å². The van der Waals surface area contributed by atoms with Crippen LogP contribution >= 0.6 is 0 Å². The fourth-order valence-electron chi connectivity index (χ4n) is 4.41. The third-order valence-corrected chi connectivity index (χ3v) is 6.63. The van der Waals surface area contributed by atoms with E-state index < -0.39 is 11.8 Å². The van der Waals surface area contributed by atoms with Gasteiger partial charge in [-0.3, -0.25) is 14.5 Å². The Balaban J connectivity index is 1.58. The Morgan fingerprint density at radius 1 is 0.800 bits per heavy atom. The Kier molecular flexibility index (Phi) is 8.87. The van der Waals surface area contributed by atoms with E-state index >= 15 is 0 Å². The highest BCUT2D eigenvalue weighted by atomic mass is 16.5. The second-order valence-corrected chi connectivity index (χ2v) is 9.06. The van der Waals surface area contributed by atoms with Crippen molar-refractivity contribution in [2.75, 3.05) is 27.9 Å². The van der Waals surface area contributed by atoms with Gasteiger partial charge in [0.25, 0.3) is 11.8 Å². The molecule has 4 rings (SSSR count). The van der Waals surface area contributed by atoms with Crippen LogP contribution in [0, 0.1) is 11.3 Å². The van der Waals surface area contributed by atoms with E-state index in [0.29, 0.717) is 47.2 Å². The normalized spacial score (nSPS) is 14.3. The number of amides is 2. The van der Waals surface area contributed by atoms with Crippen LogP contribution in [0.4, 0.5) is 0 Å². The lowest BCUT2D eigenvalue weighted by molar-refractivity contribution is -0.140. The number of hydrogen-bond acceptors (Lipinski definition) is 7. The van der Waals surface area contributed by atoms with Crippen molar-refractivity contribution >= 4 is 17.9 Å². The molecule has 8 nitrogen and oxygen atoms in total. The van der Waals surface area contributed by atoms with Crippen LogP contribution in [0.15, 0.2) is 83.4 Å². The van der Waals surface area contributed by atoms with Crippen LogP contribution in [0.1, 0.15) is 23.6 Å². The van der Waals surface area contributed by atoms with Crippen molar-refractivity contribution in [1.82, 2.24) is 4.90 Å². The first-order valence-electron chi connectivity index (χ1n) is 12.6. The van der Waals surface area contributed by atoms with Gasteiger partial charge in [-0.2, -0.15) is 5.26 Å². The summed E-state index contributed by atoms with van der Waals surface area (Å²) in [6, 6.07) is 22.5. The smallest absolute Gasteiger partial charge is 0.271 e. The second kappa shape index (κ2) is 12.7. The van der Waals surface area contributed by atoms with Crippen molar-refractivity contribution in [3.63, 3.8) is 0 Å². The molecule has 2 amide bonds. The molecule has 0 saturated carbocycles. The van der Waals surface area contributed by atoms with Gasteiger partial charge >= 0.3 is 0 Å². The van der Waals surface area contributed by atoms with Crippen LogP contribution in [0.5, 0.6) is 23.0 Å². The Bertz CT molecular complexity index is 1520. The molecule has 0 aliphatic carbocycles. The largest absolute Gasteiger partial charge is 0.493 e. The Morgan fingerprint density at radius 3 is 2.15 bits per heavy atom. The third kappa shape index (κ3) is 6.00. The van der Waals surface area contributed by atoms with E-state index in [4.69, 9.17) is 18.9 Å². The number of nitriles is 1. The molecular weight excluding hydrogens is 508 g/mol. The van der Waals surface area contributed by atoms with Crippen LogP contribution in [0.2, 0.25) is 0 Å². The second-order valence-electron chi connectivity index (χ2n) is 9.06. The van der Waals surface area contributed by atoms with E-state index in [2.05, 4.69) is 0 Å². The minimum Gasteiger partial charge on any atom is -0.493 e. The van der Waals surface area contributed by atoms with Gasteiger partial charge in [-0.05, 0) is 65.9 Å². The molecule has 0 radical (unpaired) electrons. The summed E-state index contributed by atoms with van der Waals surface area (Å²) >= 11 is 0. The van der Waals surface area contributed by atoms with Crippen molar-refractivity contribution in [1.29, 1.82) is 5.26 Å². The first-order valence-corrected chi connectivity index (χ1v) is 12.6. The van der Waals surface area contributed by atoms with E-state index in [1.807, 2.05) is 42.5 Å². The van der Waals surface area contributed by atoms with Crippen molar-refractivity contribution in [3.05, 3.63) is 100 Å². The van der Waals surface area contributed by atoms with Gasteiger partial charge in [0.15, 0.2) is 23.0 Å². The predicted molar refractivity (Wildman–Crippen MR) is 150 cm³/mol. The van der Waals surface area contributed by atoms with Gasteiger partial charge in [0.05, 0.1) is 21.3 Å². The standard InChI is InChI=1S/C32H30N2O6/c1-21-25(16-24-11-13-28(30(18-24)39-4)40-20-23-8-6-5-7-9-23)31(35)34(32(36)26(21)19-33)15-14-22-10-12-27(37-2)29(17-22)38-3/h5-13,16-18H,14-15,20H2,1-4H3/b25-16+. The topological polar surface area (TPSA) is 98.1 Å². The Hall–Kier alpha value is -5.03. The molecule has 0 saturated heterocycles. The van der Waals surface area contributed by atoms with E-state index in [1.54, 1.807) is 64.7 Å². The summed E-state index contributed by atoms with van der Waals surface area (Å²) in [5.41, 5.74) is 3.08. The maximum atomic E-state index is 13.5. The highest BCUT2D eigenvalue weighted by Gasteiger charge is 2.35. The lowest BCUT2D eigenvalue weighted by Crippen LogP contribution is -2.43. The molecule has 3 aromatic carbocycles. The molecule has 0 aromatic heterocycles. The summed E-state index contributed by atoms with van der Waals surface area (Å²) in [4.78, 5) is 27.7. The molecular formula is C32H30N2O6. The van der Waals surface area contributed by atoms with Crippen LogP contribution in [0.25, 0.3) is 6.08 Å². The van der Waals surface area contributed by atoms with E-state index in [1.165, 1.54) is 0 Å². The van der Waals surface area contributed by atoms with Crippen molar-refractivity contribution < 1.29 is 28.5 Å². The number of benzene rings is 3. The molecule has 1 aliphatic rings. The van der Waals surface area contributed by atoms with Gasteiger partial charge in [0.2, 0.25) is 0 Å². The summed E-state index contributed by atoms with van der Waals surface area (Å²) in [6.07, 6.45) is 2.04. The van der Waals surface area contributed by atoms with E-state index in [9.17, 15) is 14.9 Å². The van der Waals surface area contributed by atoms with Gasteiger partial charge < -0.3 is 18.9 Å². The fraction of sp³-hybridized carbons (Fsp3) is 0.219. The average molecular weight is 539 g/mol. The number of hydrogen-bond donors (Lipinski definition) is 0. The molecule has 3 aromatic rings. The lowest BCUT2D eigenvalue weighted by atomic mass is 9.93. The van der Waals surface area contributed by atoms with Crippen molar-refractivity contribution in [2.45, 2.75) is 20.0 Å². The van der Waals surface area contributed by atoms with Gasteiger partial charge in [-0.25, -0.2) is 0 Å². The average Bonchev–Trinajstić information content (AvgIpc) is 2.99. The number of nitrogens with zero attached hydrogens (tertiary/aromatic N) is 2. The van der Waals surface area contributed by atoms with Gasteiger partial charge in [-0.15, -0.1) is 0 Å². The number of carbonyl (C=O) groups is 2. The maximum Gasteiger partial charge on any atom is 0.271 e. The number of rotatable bonds is 10. The molecule has 8 heteroatoms. The first-order chi connectivity index (χ1) is 19.4. The Morgan fingerprint density at radius 2 is 1.48 bits per heavy atom. The number of carbonyl (C=O) groups excluding carboxylic acids is 2. The molecule has 204 valence electrons. The minimum atomic E-state index is -0.607. The highest BCUT2D eigenvalue weighted by molar-refractivity contribution is 6.19. The molecule has 0 spiro atoms. The summed E-state index contributed by atoms with van der Waals surface area (Å²) in [5, 5.41) is 9.74. The number of ether oxygens (including phenoxy) is 4. The Labute approximate surface area is 233 Å². The lowest BCUT2D eigenvalue weighted by Gasteiger charge is -2.27. The zero-order valence-corrected chi connectivity index (χ0v) is 22.9. The third-order valence-electron chi connectivity index (χ3n) is 6.63. The molecule has 0 atom stereocenters. The molecule has 1 aliphatic heterocycles. The molecule has 0 unspecified atom stereocenters. The fourth-order valence-corrected chi connectivity index (χ4v) is 4.41. The van der Waals surface area contributed by atoms with Crippen molar-refractivity contribution in [3.8, 4) is 29.1 Å². The molecule has 0 fully saturated rings. The zero-order chi connectivity index (χ0) is 28.6. The van der Waals surface area contributed by atoms with Crippen LogP contribution in [0.3, 0.4) is 0 Å². The molecule has 40 heavy (non-hydrogen) atoms. The van der Waals surface area contributed by atoms with Gasteiger partial charge in [0, 0.05) is 12.1 Å². The monoisotopic (exact) mass is 538 g/mol.